The molecular weight excluding hydrogens is 282 g/mol. The van der Waals surface area contributed by atoms with Crippen molar-refractivity contribution in [1.82, 2.24) is 0 Å². The van der Waals surface area contributed by atoms with E-state index in [9.17, 15) is 13.2 Å². The molecule has 1 aromatic carbocycles. The summed E-state index contributed by atoms with van der Waals surface area (Å²) in [6.07, 6.45) is -0.163. The summed E-state index contributed by atoms with van der Waals surface area (Å²) >= 11 is 0. The van der Waals surface area contributed by atoms with Crippen LogP contribution >= 0.6 is 0 Å². The first-order valence-electron chi connectivity index (χ1n) is 6.04. The number of hydrogen-bond donors (Lipinski definition) is 1. The molecule has 1 aromatic rings. The van der Waals surface area contributed by atoms with E-state index in [1.807, 2.05) is 0 Å². The topological polar surface area (TPSA) is 95.7 Å². The van der Waals surface area contributed by atoms with E-state index in [4.69, 9.17) is 10.5 Å². The normalized spacial score (nSPS) is 12.8. The minimum Gasteiger partial charge on any atom is -0.497 e. The zero-order valence-electron chi connectivity index (χ0n) is 11.5. The molecule has 1 rings (SSSR count). The Morgan fingerprint density at radius 2 is 2.05 bits per heavy atom. The van der Waals surface area contributed by atoms with Crippen molar-refractivity contribution < 1.29 is 22.7 Å². The second kappa shape index (κ2) is 7.25. The van der Waals surface area contributed by atoms with Gasteiger partial charge in [0.1, 0.15) is 5.75 Å². The van der Waals surface area contributed by atoms with Crippen molar-refractivity contribution in [3.63, 3.8) is 0 Å². The largest absolute Gasteiger partial charge is 0.497 e. The van der Waals surface area contributed by atoms with E-state index in [1.165, 1.54) is 14.2 Å². The second-order valence-corrected chi connectivity index (χ2v) is 6.55. The van der Waals surface area contributed by atoms with Crippen LogP contribution in [-0.2, 0) is 19.4 Å². The monoisotopic (exact) mass is 301 g/mol. The summed E-state index contributed by atoms with van der Waals surface area (Å²) in [4.78, 5) is 11.0. The van der Waals surface area contributed by atoms with Crippen LogP contribution in [0.5, 0.6) is 5.75 Å². The van der Waals surface area contributed by atoms with Crippen molar-refractivity contribution in [2.75, 3.05) is 25.7 Å². The van der Waals surface area contributed by atoms with Gasteiger partial charge in [0.2, 0.25) is 0 Å². The van der Waals surface area contributed by atoms with E-state index in [2.05, 4.69) is 4.74 Å². The molecule has 0 heterocycles. The number of sulfone groups is 1. The summed E-state index contributed by atoms with van der Waals surface area (Å²) in [6.45, 7) is 0. The van der Waals surface area contributed by atoms with Crippen LogP contribution < -0.4 is 10.5 Å². The third-order valence-corrected chi connectivity index (χ3v) is 4.49. The molecule has 0 amide bonds. The Kier molecular flexibility index (Phi) is 5.97. The summed E-state index contributed by atoms with van der Waals surface area (Å²) in [5.41, 5.74) is 6.56. The minimum atomic E-state index is -3.42. The molecule has 0 fully saturated rings. The number of nitrogens with two attached hydrogens (primary N) is 1. The minimum absolute atomic E-state index is 0.163. The summed E-state index contributed by atoms with van der Waals surface area (Å²) < 4.78 is 33.2. The van der Waals surface area contributed by atoms with Crippen molar-refractivity contribution in [3.8, 4) is 5.75 Å². The summed E-state index contributed by atoms with van der Waals surface area (Å²) in [6, 6.07) is 6.27. The molecule has 0 aliphatic carbocycles. The van der Waals surface area contributed by atoms with Crippen LogP contribution in [0.25, 0.3) is 0 Å². The predicted molar refractivity (Wildman–Crippen MR) is 75.2 cm³/mol. The lowest BCUT2D eigenvalue weighted by Gasteiger charge is -2.13. The molecule has 112 valence electrons. The SMILES string of the molecule is COC(=O)CCS(=O)(=O)CC(N)c1cccc(OC)c1. The van der Waals surface area contributed by atoms with Gasteiger partial charge < -0.3 is 15.2 Å². The third-order valence-electron chi connectivity index (χ3n) is 2.80. The number of carbonyl (C=O) groups excluding carboxylic acids is 1. The first-order chi connectivity index (χ1) is 9.38. The van der Waals surface area contributed by atoms with E-state index < -0.39 is 21.8 Å². The molecular formula is C13H19NO5S. The van der Waals surface area contributed by atoms with Gasteiger partial charge in [-0.25, -0.2) is 8.42 Å². The molecule has 20 heavy (non-hydrogen) atoms. The van der Waals surface area contributed by atoms with Gasteiger partial charge in [-0.3, -0.25) is 4.79 Å². The highest BCUT2D eigenvalue weighted by molar-refractivity contribution is 7.91. The third kappa shape index (κ3) is 5.18. The molecule has 0 aliphatic heterocycles. The predicted octanol–water partition coefficient (Wildman–Crippen LogP) is 0.673. The number of carbonyl (C=O) groups is 1. The Hall–Kier alpha value is -1.60. The zero-order valence-corrected chi connectivity index (χ0v) is 12.4. The van der Waals surface area contributed by atoms with Crippen LogP contribution in [0, 0.1) is 0 Å². The maximum Gasteiger partial charge on any atom is 0.306 e. The average molecular weight is 301 g/mol. The van der Waals surface area contributed by atoms with Gasteiger partial charge in [0, 0.05) is 6.04 Å². The fraction of sp³-hybridized carbons (Fsp3) is 0.462. The van der Waals surface area contributed by atoms with Gasteiger partial charge >= 0.3 is 5.97 Å². The van der Waals surface area contributed by atoms with E-state index >= 15 is 0 Å². The van der Waals surface area contributed by atoms with Crippen LogP contribution in [0.15, 0.2) is 24.3 Å². The molecule has 6 nitrogen and oxygen atoms in total. The number of methoxy groups -OCH3 is 2. The molecule has 1 atom stereocenters. The lowest BCUT2D eigenvalue weighted by molar-refractivity contribution is -0.140. The lowest BCUT2D eigenvalue weighted by atomic mass is 10.1. The summed E-state index contributed by atoms with van der Waals surface area (Å²) in [7, 11) is -0.676. The van der Waals surface area contributed by atoms with Crippen LogP contribution in [0.4, 0.5) is 0 Å². The molecule has 0 radical (unpaired) electrons. The Morgan fingerprint density at radius 1 is 1.35 bits per heavy atom. The molecule has 0 saturated carbocycles. The molecule has 0 spiro atoms. The van der Waals surface area contributed by atoms with Gasteiger partial charge in [-0.2, -0.15) is 0 Å². The Bertz CT molecular complexity index is 556. The summed E-state index contributed by atoms with van der Waals surface area (Å²) in [5, 5.41) is 0. The first-order valence-corrected chi connectivity index (χ1v) is 7.87. The number of rotatable bonds is 7. The standard InChI is InChI=1S/C13H19NO5S/c1-18-11-5-3-4-10(8-11)12(14)9-20(16,17)7-6-13(15)19-2/h3-5,8,12H,6-7,9,14H2,1-2H3. The smallest absolute Gasteiger partial charge is 0.306 e. The van der Waals surface area contributed by atoms with Gasteiger partial charge in [-0.15, -0.1) is 0 Å². The van der Waals surface area contributed by atoms with Gasteiger partial charge in [-0.1, -0.05) is 12.1 Å². The van der Waals surface area contributed by atoms with Crippen LogP contribution in [0.3, 0.4) is 0 Å². The highest BCUT2D eigenvalue weighted by atomic mass is 32.2. The molecule has 0 aromatic heterocycles. The summed E-state index contributed by atoms with van der Waals surface area (Å²) in [5.74, 6) is -0.428. The Morgan fingerprint density at radius 3 is 2.65 bits per heavy atom. The number of benzene rings is 1. The van der Waals surface area contributed by atoms with E-state index in [-0.39, 0.29) is 17.9 Å². The van der Waals surface area contributed by atoms with Gasteiger partial charge in [-0.05, 0) is 17.7 Å². The fourth-order valence-electron chi connectivity index (χ4n) is 1.67. The van der Waals surface area contributed by atoms with Crippen molar-refractivity contribution in [2.45, 2.75) is 12.5 Å². The maximum absolute atomic E-state index is 11.9. The number of esters is 1. The second-order valence-electron chi connectivity index (χ2n) is 4.32. The van der Waals surface area contributed by atoms with E-state index in [1.54, 1.807) is 24.3 Å². The van der Waals surface area contributed by atoms with E-state index in [0.29, 0.717) is 11.3 Å². The van der Waals surface area contributed by atoms with Crippen LogP contribution in [-0.4, -0.2) is 40.1 Å². The van der Waals surface area contributed by atoms with Crippen molar-refractivity contribution in [2.24, 2.45) is 5.73 Å². The van der Waals surface area contributed by atoms with Crippen LogP contribution in [0.2, 0.25) is 0 Å². The highest BCUT2D eigenvalue weighted by Gasteiger charge is 2.19. The van der Waals surface area contributed by atoms with Crippen molar-refractivity contribution in [3.05, 3.63) is 29.8 Å². The van der Waals surface area contributed by atoms with E-state index in [0.717, 1.165) is 0 Å². The van der Waals surface area contributed by atoms with Crippen LogP contribution in [0.1, 0.15) is 18.0 Å². The quantitative estimate of drug-likeness (QED) is 0.744. The highest BCUT2D eigenvalue weighted by Crippen LogP contribution is 2.19. The molecule has 0 saturated heterocycles. The number of ether oxygens (including phenoxy) is 2. The molecule has 7 heteroatoms. The molecule has 0 bridgehead atoms. The molecule has 1 unspecified atom stereocenters. The average Bonchev–Trinajstić information content (AvgIpc) is 2.44. The lowest BCUT2D eigenvalue weighted by Crippen LogP contribution is -2.24. The first kappa shape index (κ1) is 16.5. The maximum atomic E-state index is 11.9. The van der Waals surface area contributed by atoms with Gasteiger partial charge in [0.05, 0.1) is 32.1 Å². The Balaban J connectivity index is 2.68. The van der Waals surface area contributed by atoms with Gasteiger partial charge in [0.25, 0.3) is 0 Å². The molecule has 0 aliphatic rings. The van der Waals surface area contributed by atoms with Crippen molar-refractivity contribution >= 4 is 15.8 Å². The van der Waals surface area contributed by atoms with Crippen molar-refractivity contribution in [1.29, 1.82) is 0 Å². The molecule has 2 N–H and O–H groups in total. The zero-order chi connectivity index (χ0) is 15.2. The Labute approximate surface area is 118 Å². The van der Waals surface area contributed by atoms with Gasteiger partial charge in [0.15, 0.2) is 9.84 Å². The fourth-order valence-corrected chi connectivity index (χ4v) is 3.05. The number of hydrogen-bond acceptors (Lipinski definition) is 6.